The van der Waals surface area contributed by atoms with E-state index in [1.165, 1.54) is 32.0 Å². The fourth-order valence-corrected chi connectivity index (χ4v) is 4.04. The summed E-state index contributed by atoms with van der Waals surface area (Å²) in [5, 5.41) is 10.8. The summed E-state index contributed by atoms with van der Waals surface area (Å²) < 4.78 is 19.9. The normalized spacial score (nSPS) is 19.4. The highest BCUT2D eigenvalue weighted by Crippen LogP contribution is 2.26. The summed E-state index contributed by atoms with van der Waals surface area (Å²) in [6, 6.07) is 5.03. The summed E-state index contributed by atoms with van der Waals surface area (Å²) in [4.78, 5) is 9.89. The summed E-state index contributed by atoms with van der Waals surface area (Å²) in [6.07, 6.45) is 11.3. The SMILES string of the molecule is C=C/C(=C\C=C(/C)OCCN1CCCC1)NC1N=CC(C)=C(Nc2ccc(F)c3[nH]ccc23)N1. The number of anilines is 1. The van der Waals surface area contributed by atoms with E-state index in [1.54, 1.807) is 24.6 Å². The molecule has 1 aromatic heterocycles. The highest BCUT2D eigenvalue weighted by Gasteiger charge is 2.16. The predicted octanol–water partition coefficient (Wildman–Crippen LogP) is 4.58. The van der Waals surface area contributed by atoms with Crippen LogP contribution in [0.5, 0.6) is 0 Å². The van der Waals surface area contributed by atoms with Gasteiger partial charge in [0, 0.05) is 41.3 Å². The molecular weight excluding hydrogens is 431 g/mol. The minimum Gasteiger partial charge on any atom is -0.497 e. The molecule has 1 atom stereocenters. The number of likely N-dealkylation sites (tertiary alicyclic amines) is 1. The van der Waals surface area contributed by atoms with Crippen molar-refractivity contribution in [1.82, 2.24) is 20.5 Å². The van der Waals surface area contributed by atoms with Crippen molar-refractivity contribution in [1.29, 1.82) is 0 Å². The molecule has 0 radical (unpaired) electrons. The minimum atomic E-state index is -0.387. The molecular formula is C26H33FN6O. The molecule has 7 nitrogen and oxygen atoms in total. The zero-order chi connectivity index (χ0) is 23.9. The number of aromatic nitrogens is 1. The number of aromatic amines is 1. The number of ether oxygens (including phenoxy) is 1. The van der Waals surface area contributed by atoms with Gasteiger partial charge in [0.25, 0.3) is 0 Å². The standard InChI is InChI=1S/C26H33FN6O/c1-4-20(8-7-19(3)34-16-15-33-13-5-6-14-33)30-26-29-17-18(2)25(32-26)31-23-10-9-22(27)24-21(23)11-12-28-24/h4,7-12,17,26,28,30-32H,1,5-6,13-16H2,2-3H3/b19-7+,20-8+. The van der Waals surface area contributed by atoms with Gasteiger partial charge in [-0.2, -0.15) is 0 Å². The second-order valence-electron chi connectivity index (χ2n) is 8.51. The monoisotopic (exact) mass is 464 g/mol. The first-order valence-corrected chi connectivity index (χ1v) is 11.7. The van der Waals surface area contributed by atoms with Gasteiger partial charge in [0.05, 0.1) is 11.3 Å². The van der Waals surface area contributed by atoms with Crippen LogP contribution in [0.4, 0.5) is 10.1 Å². The third-order valence-corrected chi connectivity index (χ3v) is 5.98. The lowest BCUT2D eigenvalue weighted by Crippen LogP contribution is -2.43. The first-order valence-electron chi connectivity index (χ1n) is 11.7. The molecule has 2 aliphatic rings. The van der Waals surface area contributed by atoms with Gasteiger partial charge >= 0.3 is 0 Å². The highest BCUT2D eigenvalue weighted by molar-refractivity contribution is 5.93. The maximum atomic E-state index is 14.0. The van der Waals surface area contributed by atoms with Crippen molar-refractivity contribution in [3.63, 3.8) is 0 Å². The van der Waals surface area contributed by atoms with E-state index < -0.39 is 0 Å². The van der Waals surface area contributed by atoms with Crippen molar-refractivity contribution in [2.24, 2.45) is 4.99 Å². The van der Waals surface area contributed by atoms with Crippen molar-refractivity contribution >= 4 is 22.8 Å². The van der Waals surface area contributed by atoms with Crippen LogP contribution < -0.4 is 16.0 Å². The Morgan fingerprint density at radius 3 is 2.91 bits per heavy atom. The highest BCUT2D eigenvalue weighted by atomic mass is 19.1. The number of hydrogen-bond donors (Lipinski definition) is 4. The number of fused-ring (bicyclic) bond motifs is 1. The number of allylic oxidation sites excluding steroid dienone is 5. The van der Waals surface area contributed by atoms with Crippen molar-refractivity contribution in [2.75, 3.05) is 31.6 Å². The van der Waals surface area contributed by atoms with Crippen LogP contribution in [0.3, 0.4) is 0 Å². The largest absolute Gasteiger partial charge is 0.497 e. The van der Waals surface area contributed by atoms with Crippen LogP contribution in [0.25, 0.3) is 10.9 Å². The number of nitrogens with one attached hydrogen (secondary N) is 4. The molecule has 0 aliphatic carbocycles. The third kappa shape index (κ3) is 5.88. The lowest BCUT2D eigenvalue weighted by molar-refractivity contribution is 0.173. The molecule has 180 valence electrons. The van der Waals surface area contributed by atoms with Crippen LogP contribution in [0.15, 0.2) is 77.0 Å². The summed E-state index contributed by atoms with van der Waals surface area (Å²) in [7, 11) is 0. The zero-order valence-electron chi connectivity index (χ0n) is 19.8. The van der Waals surface area contributed by atoms with Crippen LogP contribution in [0.1, 0.15) is 26.7 Å². The van der Waals surface area contributed by atoms with E-state index in [2.05, 4.69) is 37.4 Å². The number of aliphatic imine (C=N–C) groups is 1. The Labute approximate surface area is 200 Å². The van der Waals surface area contributed by atoms with Crippen molar-refractivity contribution in [2.45, 2.75) is 33.0 Å². The lowest BCUT2D eigenvalue weighted by atomic mass is 10.2. The first-order chi connectivity index (χ1) is 16.5. The van der Waals surface area contributed by atoms with E-state index in [4.69, 9.17) is 4.74 Å². The van der Waals surface area contributed by atoms with E-state index in [0.29, 0.717) is 12.1 Å². The molecule has 0 amide bonds. The average Bonchev–Trinajstić information content (AvgIpc) is 3.53. The zero-order valence-corrected chi connectivity index (χ0v) is 19.8. The Balaban J connectivity index is 1.34. The average molecular weight is 465 g/mol. The Morgan fingerprint density at radius 1 is 1.29 bits per heavy atom. The number of halogens is 1. The van der Waals surface area contributed by atoms with Gasteiger partial charge in [-0.05, 0) is 76.2 Å². The summed E-state index contributed by atoms with van der Waals surface area (Å²) in [5.41, 5.74) is 3.03. The Hall–Kier alpha value is -3.52. The van der Waals surface area contributed by atoms with Crippen molar-refractivity contribution in [3.05, 3.63) is 77.9 Å². The topological polar surface area (TPSA) is 76.7 Å². The quantitative estimate of drug-likeness (QED) is 0.306. The second kappa shape index (κ2) is 11.1. The third-order valence-electron chi connectivity index (χ3n) is 5.98. The number of rotatable bonds is 10. The van der Waals surface area contributed by atoms with Gasteiger partial charge < -0.3 is 25.7 Å². The van der Waals surface area contributed by atoms with Gasteiger partial charge in [-0.15, -0.1) is 0 Å². The van der Waals surface area contributed by atoms with Crippen molar-refractivity contribution < 1.29 is 9.13 Å². The van der Waals surface area contributed by atoms with Crippen LogP contribution in [-0.4, -0.2) is 48.6 Å². The van der Waals surface area contributed by atoms with Crippen molar-refractivity contribution in [3.8, 4) is 0 Å². The number of nitrogens with zero attached hydrogens (tertiary/aromatic N) is 2. The molecule has 0 spiro atoms. The molecule has 34 heavy (non-hydrogen) atoms. The van der Waals surface area contributed by atoms with E-state index in [-0.39, 0.29) is 12.1 Å². The Morgan fingerprint density at radius 2 is 2.12 bits per heavy atom. The second-order valence-corrected chi connectivity index (χ2v) is 8.51. The van der Waals surface area contributed by atoms with Gasteiger partial charge in [0.2, 0.25) is 0 Å². The fourth-order valence-electron chi connectivity index (χ4n) is 4.04. The fraction of sp³-hybridized carbons (Fsp3) is 0.346. The van der Waals surface area contributed by atoms with E-state index in [1.807, 2.05) is 32.1 Å². The molecule has 1 saturated heterocycles. The molecule has 4 N–H and O–H groups in total. The Bertz CT molecular complexity index is 1140. The first kappa shape index (κ1) is 23.6. The number of benzene rings is 1. The lowest BCUT2D eigenvalue weighted by Gasteiger charge is -2.26. The van der Waals surface area contributed by atoms with Gasteiger partial charge in [0.1, 0.15) is 18.2 Å². The Kier molecular flexibility index (Phi) is 7.69. The van der Waals surface area contributed by atoms with E-state index in [9.17, 15) is 4.39 Å². The van der Waals surface area contributed by atoms with Crippen LogP contribution in [0, 0.1) is 5.82 Å². The van der Waals surface area contributed by atoms with Gasteiger partial charge in [-0.1, -0.05) is 6.58 Å². The summed E-state index contributed by atoms with van der Waals surface area (Å²) in [5.74, 6) is 1.37. The maximum Gasteiger partial charge on any atom is 0.195 e. The molecule has 0 saturated carbocycles. The van der Waals surface area contributed by atoms with Gasteiger partial charge in [0.15, 0.2) is 6.29 Å². The molecule has 2 aliphatic heterocycles. The van der Waals surface area contributed by atoms with Gasteiger partial charge in [-0.3, -0.25) is 4.90 Å². The van der Waals surface area contributed by atoms with E-state index in [0.717, 1.165) is 40.5 Å². The molecule has 2 aromatic rings. The molecule has 8 heteroatoms. The van der Waals surface area contributed by atoms with Crippen LogP contribution in [0.2, 0.25) is 0 Å². The van der Waals surface area contributed by atoms with Gasteiger partial charge in [-0.25, -0.2) is 9.38 Å². The minimum absolute atomic E-state index is 0.280. The number of H-pyrrole nitrogens is 1. The molecule has 1 aromatic carbocycles. The molecule has 0 bridgehead atoms. The predicted molar refractivity (Wildman–Crippen MR) is 137 cm³/mol. The summed E-state index contributed by atoms with van der Waals surface area (Å²) in [6.45, 7) is 11.8. The summed E-state index contributed by atoms with van der Waals surface area (Å²) >= 11 is 0. The van der Waals surface area contributed by atoms with Crippen LogP contribution >= 0.6 is 0 Å². The molecule has 1 unspecified atom stereocenters. The number of hydrogen-bond acceptors (Lipinski definition) is 6. The van der Waals surface area contributed by atoms with Crippen LogP contribution in [-0.2, 0) is 4.74 Å². The maximum absolute atomic E-state index is 14.0. The van der Waals surface area contributed by atoms with E-state index >= 15 is 0 Å². The molecule has 4 rings (SSSR count). The molecule has 3 heterocycles. The smallest absolute Gasteiger partial charge is 0.195 e. The molecule has 1 fully saturated rings.